The van der Waals surface area contributed by atoms with E-state index in [4.69, 9.17) is 11.5 Å². The van der Waals surface area contributed by atoms with Crippen LogP contribution in [0.1, 0.15) is 73.4 Å². The number of hydrogen-bond acceptors (Lipinski definition) is 3. The summed E-state index contributed by atoms with van der Waals surface area (Å²) >= 11 is 0. The van der Waals surface area contributed by atoms with E-state index in [0.717, 1.165) is 21.9 Å². The predicted octanol–water partition coefficient (Wildman–Crippen LogP) is 5.11. The van der Waals surface area contributed by atoms with Crippen LogP contribution in [0.4, 0.5) is 5.69 Å². The molecule has 8 heteroatoms. The molecule has 2 amide bonds. The summed E-state index contributed by atoms with van der Waals surface area (Å²) < 4.78 is 0. The molecule has 0 aromatic heterocycles. The Morgan fingerprint density at radius 2 is 1.35 bits per heavy atom. The quantitative estimate of drug-likeness (QED) is 0.203. The molecule has 0 fully saturated rings. The Morgan fingerprint density at radius 1 is 0.811 bits per heavy atom. The van der Waals surface area contributed by atoms with E-state index in [9.17, 15) is 9.59 Å². The lowest BCUT2D eigenvalue weighted by atomic mass is 9.79. The highest BCUT2D eigenvalue weighted by Crippen LogP contribution is 2.31. The molecule has 0 saturated carbocycles. The minimum absolute atomic E-state index is 0. The van der Waals surface area contributed by atoms with Gasteiger partial charge in [0.1, 0.15) is 0 Å². The number of rotatable bonds is 6. The zero-order valence-electron chi connectivity index (χ0n) is 22.4. The second-order valence-electron chi connectivity index (χ2n) is 11.1. The number of guanidine groups is 1. The van der Waals surface area contributed by atoms with Crippen molar-refractivity contribution >= 4 is 46.6 Å². The first kappa shape index (κ1) is 29.6. The number of hydrogen-bond donors (Lipinski definition) is 4. The van der Waals surface area contributed by atoms with E-state index in [0.29, 0.717) is 16.8 Å². The SMILES string of the molecule is CC(C)(C)c1cc(C(=O)Nc2cc3ccccc3cc2C(=O)NCCN=C(N)N)cc(C(C)(C)C)c1.Cl. The van der Waals surface area contributed by atoms with Crippen molar-refractivity contribution < 1.29 is 9.59 Å². The molecule has 3 aromatic rings. The van der Waals surface area contributed by atoms with Gasteiger partial charge in [0.15, 0.2) is 5.96 Å². The summed E-state index contributed by atoms with van der Waals surface area (Å²) in [5, 5.41) is 7.64. The van der Waals surface area contributed by atoms with E-state index < -0.39 is 0 Å². The molecule has 3 rings (SSSR count). The lowest BCUT2D eigenvalue weighted by Crippen LogP contribution is -2.29. The number of nitrogens with one attached hydrogen (secondary N) is 2. The molecule has 0 radical (unpaired) electrons. The van der Waals surface area contributed by atoms with Gasteiger partial charge in [0, 0.05) is 12.1 Å². The highest BCUT2D eigenvalue weighted by Gasteiger charge is 2.23. The molecule has 0 unspecified atom stereocenters. The van der Waals surface area contributed by atoms with Crippen molar-refractivity contribution in [2.45, 2.75) is 52.4 Å². The number of aliphatic imine (C=N–C) groups is 1. The maximum atomic E-state index is 13.5. The minimum atomic E-state index is -0.319. The van der Waals surface area contributed by atoms with E-state index >= 15 is 0 Å². The van der Waals surface area contributed by atoms with Crippen molar-refractivity contribution in [2.75, 3.05) is 18.4 Å². The van der Waals surface area contributed by atoms with Crippen LogP contribution in [0.2, 0.25) is 0 Å². The van der Waals surface area contributed by atoms with Crippen molar-refractivity contribution in [2.24, 2.45) is 16.5 Å². The van der Waals surface area contributed by atoms with Gasteiger partial charge in [0.25, 0.3) is 11.8 Å². The summed E-state index contributed by atoms with van der Waals surface area (Å²) in [5.41, 5.74) is 14.0. The smallest absolute Gasteiger partial charge is 0.255 e. The van der Waals surface area contributed by atoms with E-state index in [1.165, 1.54) is 0 Å². The number of benzene rings is 3. The maximum absolute atomic E-state index is 13.5. The number of amides is 2. The average Bonchev–Trinajstić information content (AvgIpc) is 2.79. The summed E-state index contributed by atoms with van der Waals surface area (Å²) in [6.07, 6.45) is 0. The van der Waals surface area contributed by atoms with E-state index in [2.05, 4.69) is 63.2 Å². The fourth-order valence-corrected chi connectivity index (χ4v) is 3.80. The van der Waals surface area contributed by atoms with Crippen LogP contribution in [0, 0.1) is 0 Å². The first-order valence-electron chi connectivity index (χ1n) is 12.1. The van der Waals surface area contributed by atoms with Gasteiger partial charge >= 0.3 is 0 Å². The topological polar surface area (TPSA) is 123 Å². The Balaban J connectivity index is 0.00000481. The fraction of sp³-hybridized carbons (Fsp3) is 0.345. The molecular weight excluding hydrogens is 486 g/mol. The molecule has 0 aliphatic rings. The number of nitrogens with two attached hydrogens (primary N) is 2. The molecule has 0 aliphatic heterocycles. The van der Waals surface area contributed by atoms with Crippen LogP contribution in [-0.2, 0) is 10.8 Å². The lowest BCUT2D eigenvalue weighted by Gasteiger charge is -2.26. The van der Waals surface area contributed by atoms with Crippen molar-refractivity contribution in [3.8, 4) is 0 Å². The molecular formula is C29H38ClN5O2. The molecule has 0 aliphatic carbocycles. The molecule has 6 N–H and O–H groups in total. The highest BCUT2D eigenvalue weighted by atomic mass is 35.5. The zero-order chi connectivity index (χ0) is 26.7. The third-order valence-corrected chi connectivity index (χ3v) is 6.00. The number of fused-ring (bicyclic) bond motifs is 1. The molecule has 0 heterocycles. The average molecular weight is 524 g/mol. The van der Waals surface area contributed by atoms with Crippen LogP contribution in [0.15, 0.2) is 59.6 Å². The van der Waals surface area contributed by atoms with Gasteiger partial charge in [-0.15, -0.1) is 12.4 Å². The molecule has 37 heavy (non-hydrogen) atoms. The standard InChI is InChI=1S/C29H37N5O2.ClH/c1-28(2,3)21-13-20(14-22(17-21)29(4,5)6)25(35)34-24-16-19-10-8-7-9-18(19)15-23(24)26(36)32-11-12-33-27(30)31;/h7-10,13-17H,11-12H2,1-6H3,(H,32,36)(H,34,35)(H4,30,31,33);1H. The minimum Gasteiger partial charge on any atom is -0.370 e. The third kappa shape index (κ3) is 7.70. The zero-order valence-corrected chi connectivity index (χ0v) is 23.3. The predicted molar refractivity (Wildman–Crippen MR) is 156 cm³/mol. The van der Waals surface area contributed by atoms with Gasteiger partial charge in [-0.25, -0.2) is 0 Å². The normalized spacial score (nSPS) is 11.4. The van der Waals surface area contributed by atoms with Crippen LogP contribution in [-0.4, -0.2) is 30.9 Å². The number of carbonyl (C=O) groups excluding carboxylic acids is 2. The van der Waals surface area contributed by atoms with Gasteiger partial charge in [-0.1, -0.05) is 71.9 Å². The molecule has 0 spiro atoms. The summed E-state index contributed by atoms with van der Waals surface area (Å²) in [7, 11) is 0. The first-order valence-corrected chi connectivity index (χ1v) is 12.1. The van der Waals surface area contributed by atoms with Crippen LogP contribution >= 0.6 is 12.4 Å². The number of halogens is 1. The second-order valence-corrected chi connectivity index (χ2v) is 11.1. The molecule has 0 saturated heterocycles. The summed E-state index contributed by atoms with van der Waals surface area (Å²) in [6, 6.07) is 17.4. The van der Waals surface area contributed by atoms with Crippen LogP contribution in [0.5, 0.6) is 0 Å². The van der Waals surface area contributed by atoms with Crippen LogP contribution in [0.25, 0.3) is 10.8 Å². The Hall–Kier alpha value is -3.58. The molecule has 198 valence electrons. The Bertz CT molecular complexity index is 1280. The Morgan fingerprint density at radius 3 is 1.86 bits per heavy atom. The second kappa shape index (κ2) is 11.6. The number of anilines is 1. The van der Waals surface area contributed by atoms with Gasteiger partial charge in [0.05, 0.1) is 17.8 Å². The summed E-state index contributed by atoms with van der Waals surface area (Å²) in [6.45, 7) is 13.3. The number of carbonyl (C=O) groups is 2. The van der Waals surface area contributed by atoms with Gasteiger partial charge in [-0.3, -0.25) is 14.6 Å². The Labute approximate surface area is 225 Å². The number of nitrogens with zero attached hydrogens (tertiary/aromatic N) is 1. The fourth-order valence-electron chi connectivity index (χ4n) is 3.80. The van der Waals surface area contributed by atoms with E-state index in [1.54, 1.807) is 6.07 Å². The highest BCUT2D eigenvalue weighted by molar-refractivity contribution is 6.11. The molecule has 3 aromatic carbocycles. The third-order valence-electron chi connectivity index (χ3n) is 6.00. The molecule has 7 nitrogen and oxygen atoms in total. The van der Waals surface area contributed by atoms with Gasteiger partial charge < -0.3 is 22.1 Å². The van der Waals surface area contributed by atoms with Gasteiger partial charge in [-0.2, -0.15) is 0 Å². The van der Waals surface area contributed by atoms with Crippen molar-refractivity contribution in [3.63, 3.8) is 0 Å². The van der Waals surface area contributed by atoms with Gasteiger partial charge in [0.2, 0.25) is 0 Å². The van der Waals surface area contributed by atoms with Crippen molar-refractivity contribution in [1.82, 2.24) is 5.32 Å². The largest absolute Gasteiger partial charge is 0.370 e. The van der Waals surface area contributed by atoms with Gasteiger partial charge in [-0.05, 0) is 57.0 Å². The maximum Gasteiger partial charge on any atom is 0.255 e. The summed E-state index contributed by atoms with van der Waals surface area (Å²) in [5.74, 6) is -0.618. The van der Waals surface area contributed by atoms with E-state index in [1.807, 2.05) is 42.5 Å². The van der Waals surface area contributed by atoms with Crippen molar-refractivity contribution in [3.05, 3.63) is 76.9 Å². The monoisotopic (exact) mass is 523 g/mol. The Kier molecular flexibility index (Phi) is 9.33. The summed E-state index contributed by atoms with van der Waals surface area (Å²) in [4.78, 5) is 30.5. The first-order chi connectivity index (χ1) is 16.8. The molecule has 0 atom stereocenters. The van der Waals surface area contributed by atoms with Crippen LogP contribution < -0.4 is 22.1 Å². The molecule has 0 bridgehead atoms. The van der Waals surface area contributed by atoms with E-state index in [-0.39, 0.29) is 54.1 Å². The lowest BCUT2D eigenvalue weighted by molar-refractivity contribution is 0.0956. The van der Waals surface area contributed by atoms with Crippen LogP contribution in [0.3, 0.4) is 0 Å². The van der Waals surface area contributed by atoms with Crippen molar-refractivity contribution in [1.29, 1.82) is 0 Å².